The zero-order valence-corrected chi connectivity index (χ0v) is 6.36. The van der Waals surface area contributed by atoms with E-state index in [2.05, 4.69) is 10.0 Å². The summed E-state index contributed by atoms with van der Waals surface area (Å²) in [5, 5.41) is 3.35. The van der Waals surface area contributed by atoms with Gasteiger partial charge in [0, 0.05) is 17.9 Å². The van der Waals surface area contributed by atoms with Gasteiger partial charge >= 0.3 is 0 Å². The Labute approximate surface area is 65.2 Å². The molecule has 2 N–H and O–H groups in total. The third-order valence-electron chi connectivity index (χ3n) is 1.24. The average Bonchev–Trinajstić information content (AvgIpc) is 1.96. The summed E-state index contributed by atoms with van der Waals surface area (Å²) in [5.74, 6) is -0.270. The molecule has 0 heterocycles. The number of amides is 1. The van der Waals surface area contributed by atoms with Crippen molar-refractivity contribution in [2.45, 2.75) is 25.7 Å². The molecule has 62 valence electrons. The number of primary amides is 1. The molecule has 0 atom stereocenters. The summed E-state index contributed by atoms with van der Waals surface area (Å²) in [6, 6.07) is 0. The lowest BCUT2D eigenvalue weighted by Crippen LogP contribution is -2.09. The summed E-state index contributed by atoms with van der Waals surface area (Å²) in [6.45, 7) is 0.509. The second kappa shape index (κ2) is 6.89. The maximum Gasteiger partial charge on any atom is 0.217 e. The molecule has 0 saturated heterocycles. The third-order valence-corrected chi connectivity index (χ3v) is 1.24. The van der Waals surface area contributed by atoms with Gasteiger partial charge in [-0.25, -0.2) is 0 Å². The molecule has 0 rings (SSSR count). The quantitative estimate of drug-likeness (QED) is 0.267. The van der Waals surface area contributed by atoms with E-state index in [1.807, 2.05) is 0 Å². The van der Waals surface area contributed by atoms with Crippen molar-refractivity contribution in [1.29, 1.82) is 0 Å². The van der Waals surface area contributed by atoms with Crippen LogP contribution in [0.4, 0.5) is 0 Å². The van der Waals surface area contributed by atoms with E-state index in [9.17, 15) is 4.79 Å². The highest BCUT2D eigenvalue weighted by Crippen LogP contribution is 1.98. The minimum absolute atomic E-state index is 0.270. The first kappa shape index (κ1) is 9.78. The number of nitrogens with zero attached hydrogens (tertiary/aromatic N) is 3. The van der Waals surface area contributed by atoms with Crippen molar-refractivity contribution in [2.75, 3.05) is 6.54 Å². The van der Waals surface area contributed by atoms with Crippen molar-refractivity contribution in [3.05, 3.63) is 10.4 Å². The highest BCUT2D eigenvalue weighted by atomic mass is 16.1. The van der Waals surface area contributed by atoms with Gasteiger partial charge in [0.05, 0.1) is 0 Å². The Morgan fingerprint density at radius 2 is 2.18 bits per heavy atom. The van der Waals surface area contributed by atoms with E-state index in [-0.39, 0.29) is 5.91 Å². The fourth-order valence-electron chi connectivity index (χ4n) is 0.703. The number of azide groups is 1. The summed E-state index contributed by atoms with van der Waals surface area (Å²) < 4.78 is 0. The molecular formula is C6H12N4O. The van der Waals surface area contributed by atoms with Crippen LogP contribution in [0.1, 0.15) is 25.7 Å². The van der Waals surface area contributed by atoms with E-state index in [1.165, 1.54) is 0 Å². The van der Waals surface area contributed by atoms with Crippen LogP contribution in [0.15, 0.2) is 5.11 Å². The van der Waals surface area contributed by atoms with Gasteiger partial charge in [-0.3, -0.25) is 4.79 Å². The number of hydrogen-bond acceptors (Lipinski definition) is 2. The van der Waals surface area contributed by atoms with Gasteiger partial charge in [-0.15, -0.1) is 0 Å². The first-order chi connectivity index (χ1) is 5.27. The normalized spacial score (nSPS) is 8.73. The van der Waals surface area contributed by atoms with Gasteiger partial charge < -0.3 is 5.73 Å². The molecule has 0 aliphatic rings. The zero-order valence-electron chi connectivity index (χ0n) is 6.36. The van der Waals surface area contributed by atoms with Gasteiger partial charge in [0.2, 0.25) is 5.91 Å². The van der Waals surface area contributed by atoms with Crippen LogP contribution in [0.25, 0.3) is 10.4 Å². The summed E-state index contributed by atoms with van der Waals surface area (Å²) in [4.78, 5) is 12.8. The van der Waals surface area contributed by atoms with Crippen molar-refractivity contribution < 1.29 is 4.79 Å². The highest BCUT2D eigenvalue weighted by molar-refractivity contribution is 5.73. The molecule has 5 nitrogen and oxygen atoms in total. The lowest BCUT2D eigenvalue weighted by Gasteiger charge is -1.93. The number of nitrogens with two attached hydrogens (primary N) is 1. The molecular weight excluding hydrogens is 144 g/mol. The Hall–Kier alpha value is -1.22. The van der Waals surface area contributed by atoms with Gasteiger partial charge in [-0.05, 0) is 18.4 Å². The summed E-state index contributed by atoms with van der Waals surface area (Å²) >= 11 is 0. The second-order valence-electron chi connectivity index (χ2n) is 2.23. The molecule has 0 aromatic carbocycles. The smallest absolute Gasteiger partial charge is 0.217 e. The summed E-state index contributed by atoms with van der Waals surface area (Å²) in [5.41, 5.74) is 12.8. The molecule has 0 aliphatic carbocycles. The maximum atomic E-state index is 10.2. The molecule has 0 aromatic rings. The number of hydrogen-bond donors (Lipinski definition) is 1. The van der Waals surface area contributed by atoms with Crippen LogP contribution in [0.2, 0.25) is 0 Å². The molecule has 11 heavy (non-hydrogen) atoms. The van der Waals surface area contributed by atoms with Crippen molar-refractivity contribution in [2.24, 2.45) is 10.8 Å². The van der Waals surface area contributed by atoms with Crippen LogP contribution >= 0.6 is 0 Å². The standard InChI is InChI=1S/C6H12N4O/c7-6(11)4-2-1-3-5-9-10-8/h1-5H2,(H2,7,11). The van der Waals surface area contributed by atoms with E-state index in [0.29, 0.717) is 13.0 Å². The van der Waals surface area contributed by atoms with E-state index in [0.717, 1.165) is 19.3 Å². The summed E-state index contributed by atoms with van der Waals surface area (Å²) in [7, 11) is 0. The van der Waals surface area contributed by atoms with Crippen LogP contribution in [-0.4, -0.2) is 12.5 Å². The van der Waals surface area contributed by atoms with Crippen LogP contribution in [-0.2, 0) is 4.79 Å². The third kappa shape index (κ3) is 8.78. The summed E-state index contributed by atoms with van der Waals surface area (Å²) in [6.07, 6.45) is 2.94. The van der Waals surface area contributed by atoms with Crippen LogP contribution < -0.4 is 5.73 Å². The monoisotopic (exact) mass is 156 g/mol. The minimum Gasteiger partial charge on any atom is -0.370 e. The Kier molecular flexibility index (Phi) is 6.13. The first-order valence-electron chi connectivity index (χ1n) is 3.56. The molecule has 0 radical (unpaired) electrons. The SMILES string of the molecule is [N-]=[N+]=NCCCCCC(N)=O. The van der Waals surface area contributed by atoms with Gasteiger partial charge in [0.25, 0.3) is 0 Å². The number of unbranched alkanes of at least 4 members (excludes halogenated alkanes) is 2. The fraction of sp³-hybridized carbons (Fsp3) is 0.833. The Bertz CT molecular complexity index is 158. The molecule has 5 heteroatoms. The van der Waals surface area contributed by atoms with E-state index < -0.39 is 0 Å². The fourth-order valence-corrected chi connectivity index (χ4v) is 0.703. The van der Waals surface area contributed by atoms with Crippen molar-refractivity contribution >= 4 is 5.91 Å². The molecule has 1 amide bonds. The Morgan fingerprint density at radius 1 is 1.45 bits per heavy atom. The molecule has 0 aliphatic heterocycles. The average molecular weight is 156 g/mol. The molecule has 0 spiro atoms. The van der Waals surface area contributed by atoms with Crippen LogP contribution in [0.3, 0.4) is 0 Å². The van der Waals surface area contributed by atoms with Gasteiger partial charge in [0.1, 0.15) is 0 Å². The Balaban J connectivity index is 3.02. The number of carbonyl (C=O) groups excluding carboxylic acids is 1. The van der Waals surface area contributed by atoms with Crippen molar-refractivity contribution in [3.63, 3.8) is 0 Å². The number of carbonyl (C=O) groups is 1. The lowest BCUT2D eigenvalue weighted by molar-refractivity contribution is -0.118. The molecule has 0 aromatic heterocycles. The molecule has 0 saturated carbocycles. The van der Waals surface area contributed by atoms with Gasteiger partial charge in [0.15, 0.2) is 0 Å². The Morgan fingerprint density at radius 3 is 2.73 bits per heavy atom. The lowest BCUT2D eigenvalue weighted by atomic mass is 10.2. The topological polar surface area (TPSA) is 91.8 Å². The zero-order chi connectivity index (χ0) is 8.53. The predicted octanol–water partition coefficient (Wildman–Crippen LogP) is 1.34. The van der Waals surface area contributed by atoms with Crippen LogP contribution in [0, 0.1) is 0 Å². The maximum absolute atomic E-state index is 10.2. The highest BCUT2D eigenvalue weighted by Gasteiger charge is 1.92. The molecule has 0 unspecified atom stereocenters. The first-order valence-corrected chi connectivity index (χ1v) is 3.56. The van der Waals surface area contributed by atoms with E-state index in [1.54, 1.807) is 0 Å². The van der Waals surface area contributed by atoms with Gasteiger partial charge in [-0.1, -0.05) is 11.5 Å². The van der Waals surface area contributed by atoms with E-state index in [4.69, 9.17) is 11.3 Å². The van der Waals surface area contributed by atoms with Crippen molar-refractivity contribution in [1.82, 2.24) is 0 Å². The predicted molar refractivity (Wildman–Crippen MR) is 41.7 cm³/mol. The largest absolute Gasteiger partial charge is 0.370 e. The van der Waals surface area contributed by atoms with E-state index >= 15 is 0 Å². The minimum atomic E-state index is -0.270. The number of rotatable bonds is 6. The molecule has 0 fully saturated rings. The van der Waals surface area contributed by atoms with Gasteiger partial charge in [-0.2, -0.15) is 0 Å². The van der Waals surface area contributed by atoms with Crippen molar-refractivity contribution in [3.8, 4) is 0 Å². The van der Waals surface area contributed by atoms with Crippen LogP contribution in [0.5, 0.6) is 0 Å². The second-order valence-corrected chi connectivity index (χ2v) is 2.23. The molecule has 0 bridgehead atoms.